The van der Waals surface area contributed by atoms with Gasteiger partial charge in [0.25, 0.3) is 0 Å². The molecule has 0 aromatic rings. The van der Waals surface area contributed by atoms with Gasteiger partial charge in [0.2, 0.25) is 0 Å². The van der Waals surface area contributed by atoms with Crippen molar-refractivity contribution in [1.29, 1.82) is 0 Å². The van der Waals surface area contributed by atoms with Gasteiger partial charge >= 0.3 is 0 Å². The van der Waals surface area contributed by atoms with Gasteiger partial charge in [-0.05, 0) is 50.2 Å². The summed E-state index contributed by atoms with van der Waals surface area (Å²) in [5.41, 5.74) is 0.536. The van der Waals surface area contributed by atoms with Crippen LogP contribution in [0.4, 0.5) is 0 Å². The molecule has 1 atom stereocenters. The lowest BCUT2D eigenvalue weighted by atomic mass is 9.81. The molecule has 2 nitrogen and oxygen atoms in total. The van der Waals surface area contributed by atoms with Crippen LogP contribution in [0.1, 0.15) is 59.3 Å². The summed E-state index contributed by atoms with van der Waals surface area (Å²) in [7, 11) is 0. The van der Waals surface area contributed by atoms with E-state index in [2.05, 4.69) is 31.4 Å². The zero-order valence-corrected chi connectivity index (χ0v) is 12.1. The van der Waals surface area contributed by atoms with Gasteiger partial charge in [-0.2, -0.15) is 0 Å². The van der Waals surface area contributed by atoms with Crippen molar-refractivity contribution in [2.45, 2.75) is 59.3 Å². The number of hydrogen-bond donors (Lipinski definition) is 2. The fourth-order valence-corrected chi connectivity index (χ4v) is 2.73. The van der Waals surface area contributed by atoms with Crippen LogP contribution in [0, 0.1) is 11.3 Å². The predicted octanol–water partition coefficient (Wildman–Crippen LogP) is 3.18. The van der Waals surface area contributed by atoms with E-state index in [-0.39, 0.29) is 0 Å². The van der Waals surface area contributed by atoms with Gasteiger partial charge in [0.05, 0.1) is 0 Å². The largest absolute Gasteiger partial charge is 0.317 e. The predicted molar refractivity (Wildman–Crippen MR) is 76.4 cm³/mol. The van der Waals surface area contributed by atoms with Crippen molar-refractivity contribution in [3.8, 4) is 0 Å². The summed E-state index contributed by atoms with van der Waals surface area (Å²) in [6.45, 7) is 11.9. The molecule has 1 saturated heterocycles. The highest BCUT2D eigenvalue weighted by Crippen LogP contribution is 2.26. The first-order chi connectivity index (χ1) is 8.20. The summed E-state index contributed by atoms with van der Waals surface area (Å²) < 4.78 is 0. The molecule has 1 aliphatic rings. The van der Waals surface area contributed by atoms with Crippen molar-refractivity contribution in [2.75, 3.05) is 26.2 Å². The van der Waals surface area contributed by atoms with E-state index in [4.69, 9.17) is 0 Å². The van der Waals surface area contributed by atoms with E-state index in [0.717, 1.165) is 5.92 Å². The molecule has 1 heterocycles. The Kier molecular flexibility index (Phi) is 7.14. The Labute approximate surface area is 108 Å². The number of nitrogens with one attached hydrogen (secondary N) is 2. The van der Waals surface area contributed by atoms with Crippen LogP contribution >= 0.6 is 0 Å². The summed E-state index contributed by atoms with van der Waals surface area (Å²) in [4.78, 5) is 0. The fraction of sp³-hybridized carbons (Fsp3) is 1.00. The van der Waals surface area contributed by atoms with Crippen LogP contribution in [-0.4, -0.2) is 26.2 Å². The molecule has 0 aliphatic carbocycles. The summed E-state index contributed by atoms with van der Waals surface area (Å²) >= 11 is 0. The SMILES string of the molecule is CCCCC(CC)CNCC1(C)CCNCC1. The quantitative estimate of drug-likeness (QED) is 0.681. The van der Waals surface area contributed by atoms with Crippen molar-refractivity contribution < 1.29 is 0 Å². The van der Waals surface area contributed by atoms with Crippen molar-refractivity contribution in [3.05, 3.63) is 0 Å². The molecule has 0 bridgehead atoms. The van der Waals surface area contributed by atoms with Crippen LogP contribution in [0.2, 0.25) is 0 Å². The van der Waals surface area contributed by atoms with Gasteiger partial charge in [-0.1, -0.05) is 40.0 Å². The third-order valence-corrected chi connectivity index (χ3v) is 4.34. The van der Waals surface area contributed by atoms with Crippen molar-refractivity contribution >= 4 is 0 Å². The molecule has 0 radical (unpaired) electrons. The summed E-state index contributed by atoms with van der Waals surface area (Å²) in [6.07, 6.45) is 8.10. The molecule has 0 aromatic heterocycles. The number of rotatable bonds is 8. The second-order valence-electron chi connectivity index (χ2n) is 6.11. The number of piperidine rings is 1. The lowest BCUT2D eigenvalue weighted by Gasteiger charge is -2.34. The molecule has 17 heavy (non-hydrogen) atoms. The lowest BCUT2D eigenvalue weighted by Crippen LogP contribution is -2.42. The molecule has 0 spiro atoms. The summed E-state index contributed by atoms with van der Waals surface area (Å²) in [5.74, 6) is 0.889. The molecular weight excluding hydrogens is 208 g/mol. The number of unbranched alkanes of at least 4 members (excludes halogenated alkanes) is 1. The lowest BCUT2D eigenvalue weighted by molar-refractivity contribution is 0.215. The minimum Gasteiger partial charge on any atom is -0.317 e. The molecule has 0 saturated carbocycles. The Bertz CT molecular complexity index is 185. The van der Waals surface area contributed by atoms with Gasteiger partial charge < -0.3 is 10.6 Å². The topological polar surface area (TPSA) is 24.1 Å². The minimum absolute atomic E-state index is 0.536. The van der Waals surface area contributed by atoms with Gasteiger partial charge in [-0.15, -0.1) is 0 Å². The van der Waals surface area contributed by atoms with Gasteiger partial charge in [0, 0.05) is 6.54 Å². The first-order valence-corrected chi connectivity index (χ1v) is 7.61. The highest BCUT2D eigenvalue weighted by Gasteiger charge is 2.26. The maximum absolute atomic E-state index is 3.73. The standard InChI is InChI=1S/C15H32N2/c1-4-6-7-14(5-2)12-17-13-15(3)8-10-16-11-9-15/h14,16-17H,4-13H2,1-3H3. The van der Waals surface area contributed by atoms with Crippen LogP contribution in [0.15, 0.2) is 0 Å². The van der Waals surface area contributed by atoms with Gasteiger partial charge in [0.15, 0.2) is 0 Å². The average Bonchev–Trinajstić information content (AvgIpc) is 2.34. The normalized spacial score (nSPS) is 21.4. The van der Waals surface area contributed by atoms with E-state index in [9.17, 15) is 0 Å². The zero-order chi connectivity index (χ0) is 12.6. The van der Waals surface area contributed by atoms with Crippen LogP contribution in [-0.2, 0) is 0 Å². The van der Waals surface area contributed by atoms with Crippen molar-refractivity contribution in [1.82, 2.24) is 10.6 Å². The van der Waals surface area contributed by atoms with Crippen LogP contribution in [0.5, 0.6) is 0 Å². The first-order valence-electron chi connectivity index (χ1n) is 7.61. The van der Waals surface area contributed by atoms with Crippen molar-refractivity contribution in [3.63, 3.8) is 0 Å². The molecule has 1 rings (SSSR count). The van der Waals surface area contributed by atoms with Gasteiger partial charge in [-0.25, -0.2) is 0 Å². The fourth-order valence-electron chi connectivity index (χ4n) is 2.73. The van der Waals surface area contributed by atoms with E-state index in [1.165, 1.54) is 64.7 Å². The van der Waals surface area contributed by atoms with Crippen LogP contribution in [0.25, 0.3) is 0 Å². The maximum Gasteiger partial charge on any atom is 0.000623 e. The Hall–Kier alpha value is -0.0800. The molecule has 0 aromatic carbocycles. The monoisotopic (exact) mass is 240 g/mol. The Morgan fingerprint density at radius 1 is 1.24 bits per heavy atom. The van der Waals surface area contributed by atoms with Crippen molar-refractivity contribution in [2.24, 2.45) is 11.3 Å². The van der Waals surface area contributed by atoms with E-state index in [1.807, 2.05) is 0 Å². The Balaban J connectivity index is 2.16. The maximum atomic E-state index is 3.73. The van der Waals surface area contributed by atoms with Crippen LogP contribution < -0.4 is 10.6 Å². The molecule has 102 valence electrons. The smallest absolute Gasteiger partial charge is 0.000623 e. The molecule has 1 unspecified atom stereocenters. The van der Waals surface area contributed by atoms with Crippen LogP contribution in [0.3, 0.4) is 0 Å². The summed E-state index contributed by atoms with van der Waals surface area (Å²) in [5, 5.41) is 7.18. The van der Waals surface area contributed by atoms with E-state index in [1.54, 1.807) is 0 Å². The Morgan fingerprint density at radius 2 is 1.94 bits per heavy atom. The minimum atomic E-state index is 0.536. The van der Waals surface area contributed by atoms with E-state index >= 15 is 0 Å². The van der Waals surface area contributed by atoms with Gasteiger partial charge in [0.1, 0.15) is 0 Å². The molecular formula is C15H32N2. The third-order valence-electron chi connectivity index (χ3n) is 4.34. The zero-order valence-electron chi connectivity index (χ0n) is 12.1. The molecule has 2 heteroatoms. The second kappa shape index (κ2) is 8.10. The molecule has 2 N–H and O–H groups in total. The van der Waals surface area contributed by atoms with E-state index in [0.29, 0.717) is 5.41 Å². The van der Waals surface area contributed by atoms with E-state index < -0.39 is 0 Å². The second-order valence-corrected chi connectivity index (χ2v) is 6.11. The first kappa shape index (κ1) is 15.0. The number of hydrogen-bond acceptors (Lipinski definition) is 2. The molecule has 1 aliphatic heterocycles. The Morgan fingerprint density at radius 3 is 2.53 bits per heavy atom. The molecule has 1 fully saturated rings. The third kappa shape index (κ3) is 5.87. The highest BCUT2D eigenvalue weighted by atomic mass is 14.9. The highest BCUT2D eigenvalue weighted by molar-refractivity contribution is 4.82. The average molecular weight is 240 g/mol. The molecule has 0 amide bonds. The van der Waals surface area contributed by atoms with Gasteiger partial charge in [-0.3, -0.25) is 0 Å². The summed E-state index contributed by atoms with van der Waals surface area (Å²) in [6, 6.07) is 0.